The summed E-state index contributed by atoms with van der Waals surface area (Å²) in [5, 5.41) is 10.9. The number of hydrogen-bond donors (Lipinski definition) is 4. The normalized spacial score (nSPS) is 16.0. The van der Waals surface area contributed by atoms with Gasteiger partial charge in [-0.25, -0.2) is 0 Å². The minimum absolute atomic E-state index is 0. The summed E-state index contributed by atoms with van der Waals surface area (Å²) in [6.07, 6.45) is 3.45. The number of anilines is 1. The summed E-state index contributed by atoms with van der Waals surface area (Å²) in [5.74, 6) is 0.952. The Balaban J connectivity index is 0.00000240. The van der Waals surface area contributed by atoms with Crippen molar-refractivity contribution >= 4 is 52.4 Å². The molecule has 7 heteroatoms. The second-order valence-corrected chi connectivity index (χ2v) is 7.03. The van der Waals surface area contributed by atoms with Crippen LogP contribution in [0.3, 0.4) is 0 Å². The van der Waals surface area contributed by atoms with Gasteiger partial charge in [-0.2, -0.15) is 0 Å². The first-order valence-electron chi connectivity index (χ1n) is 9.63. The van der Waals surface area contributed by atoms with Crippen LogP contribution in [0.2, 0.25) is 0 Å². The molecule has 2 aromatic carbocycles. The molecule has 1 aromatic heterocycles. The van der Waals surface area contributed by atoms with Crippen molar-refractivity contribution in [2.45, 2.75) is 18.8 Å². The molecular weight excluding hydrogens is 477 g/mol. The van der Waals surface area contributed by atoms with Crippen molar-refractivity contribution in [3.63, 3.8) is 0 Å². The van der Waals surface area contributed by atoms with Gasteiger partial charge in [-0.15, -0.1) is 24.0 Å². The number of guanidine groups is 1. The fraction of sp³-hybridized carbons (Fsp3) is 0.273. The summed E-state index contributed by atoms with van der Waals surface area (Å²) >= 11 is 0. The van der Waals surface area contributed by atoms with Gasteiger partial charge < -0.3 is 20.9 Å². The molecule has 1 atom stereocenters. The van der Waals surface area contributed by atoms with E-state index in [0.717, 1.165) is 30.1 Å². The van der Waals surface area contributed by atoms with E-state index in [9.17, 15) is 4.79 Å². The van der Waals surface area contributed by atoms with Crippen LogP contribution in [0.4, 0.5) is 5.69 Å². The number of carbonyl (C=O) groups is 1. The molecule has 1 amide bonds. The van der Waals surface area contributed by atoms with E-state index in [2.05, 4.69) is 56.4 Å². The van der Waals surface area contributed by atoms with Gasteiger partial charge in [0.15, 0.2) is 5.96 Å². The molecule has 0 bridgehead atoms. The van der Waals surface area contributed by atoms with E-state index in [4.69, 9.17) is 0 Å². The zero-order valence-corrected chi connectivity index (χ0v) is 18.7. The molecule has 4 N–H and O–H groups in total. The Labute approximate surface area is 187 Å². The van der Waals surface area contributed by atoms with E-state index in [1.54, 1.807) is 7.05 Å². The third-order valence-electron chi connectivity index (χ3n) is 5.21. The fourth-order valence-corrected chi connectivity index (χ4v) is 3.78. The lowest BCUT2D eigenvalue weighted by Crippen LogP contribution is -2.41. The minimum atomic E-state index is 0. The number of H-pyrrole nitrogens is 1. The smallest absolute Gasteiger partial charge is 0.225 e. The van der Waals surface area contributed by atoms with Crippen LogP contribution in [-0.2, 0) is 11.2 Å². The number of nitrogens with one attached hydrogen (secondary N) is 4. The third-order valence-corrected chi connectivity index (χ3v) is 5.21. The lowest BCUT2D eigenvalue weighted by molar-refractivity contribution is -0.116. The molecule has 0 spiro atoms. The highest BCUT2D eigenvalue weighted by Crippen LogP contribution is 2.31. The van der Waals surface area contributed by atoms with Crippen molar-refractivity contribution < 1.29 is 4.79 Å². The van der Waals surface area contributed by atoms with Gasteiger partial charge in [0.25, 0.3) is 0 Å². The number of nitrogens with zero attached hydrogens (tertiary/aromatic N) is 1. The summed E-state index contributed by atoms with van der Waals surface area (Å²) in [6.45, 7) is 1.44. The van der Waals surface area contributed by atoms with Gasteiger partial charge in [0, 0.05) is 55.3 Å². The van der Waals surface area contributed by atoms with Crippen LogP contribution < -0.4 is 16.0 Å². The second-order valence-electron chi connectivity index (χ2n) is 7.03. The van der Waals surface area contributed by atoms with Gasteiger partial charge in [-0.1, -0.05) is 36.4 Å². The first-order valence-corrected chi connectivity index (χ1v) is 9.63. The van der Waals surface area contributed by atoms with Crippen molar-refractivity contribution in [3.8, 4) is 0 Å². The molecule has 0 saturated carbocycles. The van der Waals surface area contributed by atoms with Crippen LogP contribution in [0.5, 0.6) is 0 Å². The summed E-state index contributed by atoms with van der Waals surface area (Å²) in [7, 11) is 1.77. The first kappa shape index (κ1) is 21.2. The SMILES string of the molecule is CN=C(NCCc1c[nH]c2ccccc12)NCC1CC(=O)Nc2ccccc21.I. The number of amides is 1. The maximum atomic E-state index is 12.0. The zero-order valence-electron chi connectivity index (χ0n) is 16.4. The Morgan fingerprint density at radius 1 is 1.14 bits per heavy atom. The number of benzene rings is 2. The van der Waals surface area contributed by atoms with E-state index < -0.39 is 0 Å². The van der Waals surface area contributed by atoms with Crippen molar-refractivity contribution in [3.05, 3.63) is 65.9 Å². The Bertz CT molecular complexity index is 1010. The molecule has 152 valence electrons. The van der Waals surface area contributed by atoms with Crippen LogP contribution in [0.25, 0.3) is 10.9 Å². The van der Waals surface area contributed by atoms with E-state index >= 15 is 0 Å². The van der Waals surface area contributed by atoms with Gasteiger partial charge in [-0.3, -0.25) is 9.79 Å². The Morgan fingerprint density at radius 2 is 1.93 bits per heavy atom. The topological polar surface area (TPSA) is 81.3 Å². The van der Waals surface area contributed by atoms with Crippen molar-refractivity contribution in [1.82, 2.24) is 15.6 Å². The number of fused-ring (bicyclic) bond motifs is 2. The minimum Gasteiger partial charge on any atom is -0.361 e. The average Bonchev–Trinajstić information content (AvgIpc) is 3.13. The van der Waals surface area contributed by atoms with Crippen LogP contribution in [0.1, 0.15) is 23.5 Å². The lowest BCUT2D eigenvalue weighted by Gasteiger charge is -2.26. The van der Waals surface area contributed by atoms with Crippen LogP contribution in [0.15, 0.2) is 59.7 Å². The second kappa shape index (κ2) is 9.78. The molecule has 6 nitrogen and oxygen atoms in total. The highest BCUT2D eigenvalue weighted by molar-refractivity contribution is 14.0. The number of para-hydroxylation sites is 2. The molecule has 0 fully saturated rings. The monoisotopic (exact) mass is 503 g/mol. The highest BCUT2D eigenvalue weighted by Gasteiger charge is 2.24. The Kier molecular flexibility index (Phi) is 7.13. The van der Waals surface area contributed by atoms with Crippen LogP contribution in [-0.4, -0.2) is 37.0 Å². The number of rotatable bonds is 5. The molecule has 0 aliphatic carbocycles. The number of hydrogen-bond acceptors (Lipinski definition) is 2. The predicted molar refractivity (Wildman–Crippen MR) is 129 cm³/mol. The largest absolute Gasteiger partial charge is 0.361 e. The van der Waals surface area contributed by atoms with Gasteiger partial charge in [0.2, 0.25) is 5.91 Å². The molecule has 0 saturated heterocycles. The Morgan fingerprint density at radius 3 is 2.79 bits per heavy atom. The zero-order chi connectivity index (χ0) is 19.3. The third kappa shape index (κ3) is 4.90. The Hall–Kier alpha value is -2.55. The summed E-state index contributed by atoms with van der Waals surface area (Å²) in [5.41, 5.74) is 4.53. The summed E-state index contributed by atoms with van der Waals surface area (Å²) < 4.78 is 0. The van der Waals surface area contributed by atoms with Crippen molar-refractivity contribution in [2.24, 2.45) is 4.99 Å². The molecular formula is C22H26IN5O. The maximum absolute atomic E-state index is 12.0. The van der Waals surface area contributed by atoms with Gasteiger partial charge >= 0.3 is 0 Å². The number of aliphatic imine (C=N–C) groups is 1. The first-order chi connectivity index (χ1) is 13.7. The predicted octanol–water partition coefficient (Wildman–Crippen LogP) is 3.62. The fourth-order valence-electron chi connectivity index (χ4n) is 3.78. The molecule has 29 heavy (non-hydrogen) atoms. The molecule has 1 aliphatic rings. The van der Waals surface area contributed by atoms with Gasteiger partial charge in [0.1, 0.15) is 0 Å². The molecule has 1 aliphatic heterocycles. The highest BCUT2D eigenvalue weighted by atomic mass is 127. The molecule has 3 aromatic rings. The van der Waals surface area contributed by atoms with E-state index in [0.29, 0.717) is 13.0 Å². The van der Waals surface area contributed by atoms with E-state index in [1.165, 1.54) is 16.5 Å². The summed E-state index contributed by atoms with van der Waals surface area (Å²) in [6, 6.07) is 16.3. The van der Waals surface area contributed by atoms with E-state index in [-0.39, 0.29) is 35.8 Å². The standard InChI is InChI=1S/C22H25N5O.HI/c1-23-22(24-11-10-15-13-25-19-8-4-2-6-17(15)19)26-14-16-12-21(28)27-20-9-5-3-7-18(16)20;/h2-9,13,16,25H,10-12,14H2,1H3,(H,27,28)(H2,23,24,26);1H. The van der Waals surface area contributed by atoms with Crippen molar-refractivity contribution in [2.75, 3.05) is 25.5 Å². The molecule has 4 rings (SSSR count). The lowest BCUT2D eigenvalue weighted by atomic mass is 9.90. The van der Waals surface area contributed by atoms with Crippen LogP contribution >= 0.6 is 24.0 Å². The number of aromatic amines is 1. The van der Waals surface area contributed by atoms with Gasteiger partial charge in [-0.05, 0) is 29.7 Å². The average molecular weight is 503 g/mol. The number of aromatic nitrogens is 1. The van der Waals surface area contributed by atoms with Crippen molar-refractivity contribution in [1.29, 1.82) is 0 Å². The van der Waals surface area contributed by atoms with Crippen LogP contribution in [0, 0.1) is 0 Å². The summed E-state index contributed by atoms with van der Waals surface area (Å²) in [4.78, 5) is 19.6. The molecule has 1 unspecified atom stereocenters. The van der Waals surface area contributed by atoms with Gasteiger partial charge in [0.05, 0.1) is 0 Å². The molecule has 2 heterocycles. The number of carbonyl (C=O) groups excluding carboxylic acids is 1. The quantitative estimate of drug-likeness (QED) is 0.244. The molecule has 0 radical (unpaired) electrons. The maximum Gasteiger partial charge on any atom is 0.225 e. The number of halogens is 1. The van der Waals surface area contributed by atoms with E-state index in [1.807, 2.05) is 24.3 Å².